The second-order valence-corrected chi connectivity index (χ2v) is 10.2. The van der Waals surface area contributed by atoms with Crippen LogP contribution in [-0.4, -0.2) is 43.4 Å². The number of ether oxygens (including phenoxy) is 1. The van der Waals surface area contributed by atoms with Gasteiger partial charge in [0, 0.05) is 18.8 Å². The minimum absolute atomic E-state index is 0.111. The molecule has 0 unspecified atom stereocenters. The van der Waals surface area contributed by atoms with Crippen molar-refractivity contribution in [2.24, 2.45) is 0 Å². The third-order valence-electron chi connectivity index (χ3n) is 5.06. The summed E-state index contributed by atoms with van der Waals surface area (Å²) in [5.41, 5.74) is 0.974. The predicted octanol–water partition coefficient (Wildman–Crippen LogP) is 5.19. The molecule has 34 heavy (non-hydrogen) atoms. The van der Waals surface area contributed by atoms with E-state index in [2.05, 4.69) is 17.6 Å². The molecular formula is C25H35N3O4S2. The molecule has 0 bridgehead atoms. The summed E-state index contributed by atoms with van der Waals surface area (Å²) in [5, 5.41) is 5.70. The summed E-state index contributed by atoms with van der Waals surface area (Å²) in [4.78, 5) is 13.0. The number of rotatable bonds is 13. The quantitative estimate of drug-likeness (QED) is 0.288. The molecule has 0 spiro atoms. The van der Waals surface area contributed by atoms with Crippen LogP contribution in [0, 0.1) is 0 Å². The lowest BCUT2D eigenvalue weighted by Crippen LogP contribution is -2.34. The van der Waals surface area contributed by atoms with E-state index in [0.29, 0.717) is 36.7 Å². The maximum Gasteiger partial charge on any atom is 0.261 e. The largest absolute Gasteiger partial charge is 0.493 e. The molecule has 2 aromatic rings. The van der Waals surface area contributed by atoms with Crippen molar-refractivity contribution in [3.63, 3.8) is 0 Å². The van der Waals surface area contributed by atoms with Crippen LogP contribution < -0.4 is 15.4 Å². The molecular weight excluding hydrogens is 470 g/mol. The van der Waals surface area contributed by atoms with Crippen LogP contribution in [0.2, 0.25) is 0 Å². The first-order valence-corrected chi connectivity index (χ1v) is 13.6. The molecule has 7 nitrogen and oxygen atoms in total. The van der Waals surface area contributed by atoms with Crippen LogP contribution in [0.3, 0.4) is 0 Å². The molecule has 2 aromatic carbocycles. The van der Waals surface area contributed by atoms with Gasteiger partial charge in [0.1, 0.15) is 5.75 Å². The molecule has 9 heteroatoms. The van der Waals surface area contributed by atoms with Crippen LogP contribution in [0.15, 0.2) is 53.4 Å². The summed E-state index contributed by atoms with van der Waals surface area (Å²) in [6.07, 6.45) is 4.58. The highest BCUT2D eigenvalue weighted by Crippen LogP contribution is 2.20. The lowest BCUT2D eigenvalue weighted by atomic mass is 10.2. The van der Waals surface area contributed by atoms with Gasteiger partial charge in [-0.15, -0.1) is 0 Å². The van der Waals surface area contributed by atoms with Gasteiger partial charge in [0.05, 0.1) is 17.1 Å². The third kappa shape index (κ3) is 8.07. The zero-order chi connectivity index (χ0) is 25.0. The van der Waals surface area contributed by atoms with Crippen molar-refractivity contribution in [2.45, 2.75) is 57.8 Å². The Morgan fingerprint density at radius 2 is 1.59 bits per heavy atom. The Balaban J connectivity index is 2.01. The van der Waals surface area contributed by atoms with E-state index in [9.17, 15) is 13.2 Å². The SMILES string of the molecule is CCCCCOc1ccccc1C(=O)NC(=S)Nc1ccc(S(=O)(=O)N(CCC)CCC)cc1. The first-order valence-electron chi connectivity index (χ1n) is 11.8. The van der Waals surface area contributed by atoms with E-state index in [1.807, 2.05) is 19.9 Å². The first-order chi connectivity index (χ1) is 16.3. The Labute approximate surface area is 208 Å². The molecule has 0 radical (unpaired) electrons. The zero-order valence-corrected chi connectivity index (χ0v) is 21.8. The van der Waals surface area contributed by atoms with Crippen molar-refractivity contribution in [3.8, 4) is 5.75 Å². The molecule has 0 saturated carbocycles. The molecule has 0 aliphatic rings. The summed E-state index contributed by atoms with van der Waals surface area (Å²) in [6, 6.07) is 13.4. The second-order valence-electron chi connectivity index (χ2n) is 7.89. The first kappa shape index (κ1) is 27.8. The van der Waals surface area contributed by atoms with Crippen molar-refractivity contribution in [1.29, 1.82) is 0 Å². The fraction of sp³-hybridized carbons (Fsp3) is 0.440. The molecule has 0 heterocycles. The monoisotopic (exact) mass is 505 g/mol. The fourth-order valence-corrected chi connectivity index (χ4v) is 5.19. The highest BCUT2D eigenvalue weighted by Gasteiger charge is 2.23. The van der Waals surface area contributed by atoms with Gasteiger partial charge in [0.15, 0.2) is 5.11 Å². The summed E-state index contributed by atoms with van der Waals surface area (Å²) in [6.45, 7) is 7.54. The maximum absolute atomic E-state index is 12.9. The van der Waals surface area contributed by atoms with Crippen molar-refractivity contribution in [3.05, 3.63) is 54.1 Å². The summed E-state index contributed by atoms with van der Waals surface area (Å²) in [5.74, 6) is 0.134. The number of hydrogen-bond donors (Lipinski definition) is 2. The Bertz CT molecular complexity index is 1030. The molecule has 0 fully saturated rings. The number of para-hydroxylation sites is 1. The number of carbonyl (C=O) groups is 1. The molecule has 2 rings (SSSR count). The van der Waals surface area contributed by atoms with Gasteiger partial charge >= 0.3 is 0 Å². The number of nitrogens with zero attached hydrogens (tertiary/aromatic N) is 1. The van der Waals surface area contributed by atoms with Gasteiger partial charge in [-0.3, -0.25) is 10.1 Å². The Morgan fingerprint density at radius 1 is 0.941 bits per heavy atom. The summed E-state index contributed by atoms with van der Waals surface area (Å²) < 4.78 is 33.1. The Morgan fingerprint density at radius 3 is 2.21 bits per heavy atom. The van der Waals surface area contributed by atoms with E-state index >= 15 is 0 Å². The minimum atomic E-state index is -3.55. The van der Waals surface area contributed by atoms with E-state index in [0.717, 1.165) is 32.1 Å². The average molecular weight is 506 g/mol. The number of anilines is 1. The highest BCUT2D eigenvalue weighted by molar-refractivity contribution is 7.89. The number of amides is 1. The average Bonchev–Trinajstić information content (AvgIpc) is 2.82. The lowest BCUT2D eigenvalue weighted by Gasteiger charge is -2.21. The molecule has 1 amide bonds. The van der Waals surface area contributed by atoms with Crippen LogP contribution in [0.25, 0.3) is 0 Å². The molecule has 2 N–H and O–H groups in total. The van der Waals surface area contributed by atoms with Gasteiger partial charge in [-0.1, -0.05) is 45.7 Å². The molecule has 0 aromatic heterocycles. The van der Waals surface area contributed by atoms with E-state index in [4.69, 9.17) is 17.0 Å². The number of benzene rings is 2. The molecule has 0 saturated heterocycles. The number of unbranched alkanes of at least 4 members (excludes halogenated alkanes) is 2. The topological polar surface area (TPSA) is 87.7 Å². The summed E-state index contributed by atoms with van der Waals surface area (Å²) in [7, 11) is -3.55. The summed E-state index contributed by atoms with van der Waals surface area (Å²) >= 11 is 5.28. The molecule has 186 valence electrons. The Hall–Kier alpha value is -2.49. The normalized spacial score (nSPS) is 11.3. The number of thiocarbonyl (C=S) groups is 1. The second kappa shape index (κ2) is 14.0. The third-order valence-corrected chi connectivity index (χ3v) is 7.18. The van der Waals surface area contributed by atoms with Crippen LogP contribution in [0.1, 0.15) is 63.2 Å². The minimum Gasteiger partial charge on any atom is -0.493 e. The van der Waals surface area contributed by atoms with Gasteiger partial charge in [-0.2, -0.15) is 4.31 Å². The van der Waals surface area contributed by atoms with E-state index in [1.54, 1.807) is 42.5 Å². The molecule has 0 aliphatic heterocycles. The van der Waals surface area contributed by atoms with Crippen LogP contribution >= 0.6 is 12.2 Å². The van der Waals surface area contributed by atoms with Crippen LogP contribution in [-0.2, 0) is 10.0 Å². The van der Waals surface area contributed by atoms with Crippen molar-refractivity contribution >= 4 is 38.9 Å². The van der Waals surface area contributed by atoms with Gasteiger partial charge in [0.2, 0.25) is 10.0 Å². The maximum atomic E-state index is 12.9. The van der Waals surface area contributed by atoms with Gasteiger partial charge in [0.25, 0.3) is 5.91 Å². The zero-order valence-electron chi connectivity index (χ0n) is 20.2. The van der Waals surface area contributed by atoms with Crippen LogP contribution in [0.4, 0.5) is 5.69 Å². The number of nitrogens with one attached hydrogen (secondary N) is 2. The van der Waals surface area contributed by atoms with E-state index < -0.39 is 10.0 Å². The number of sulfonamides is 1. The van der Waals surface area contributed by atoms with Gasteiger partial charge in [-0.05, 0) is 67.9 Å². The highest BCUT2D eigenvalue weighted by atomic mass is 32.2. The van der Waals surface area contributed by atoms with E-state index in [1.165, 1.54) is 4.31 Å². The molecule has 0 atom stereocenters. The Kier molecular flexibility index (Phi) is 11.5. The van der Waals surface area contributed by atoms with E-state index in [-0.39, 0.29) is 15.9 Å². The standard InChI is InChI=1S/C25H35N3O4S2/c1-4-7-10-19-32-23-12-9-8-11-22(23)24(29)27-25(33)26-20-13-15-21(16-14-20)34(30,31)28(17-5-2)18-6-3/h8-9,11-16H,4-7,10,17-19H2,1-3H3,(H2,26,27,29,33). The number of hydrogen-bond acceptors (Lipinski definition) is 5. The van der Waals surface area contributed by atoms with Crippen molar-refractivity contribution < 1.29 is 17.9 Å². The molecule has 0 aliphatic carbocycles. The fourth-order valence-electron chi connectivity index (χ4n) is 3.36. The van der Waals surface area contributed by atoms with Crippen molar-refractivity contribution in [2.75, 3.05) is 25.0 Å². The number of carbonyl (C=O) groups excluding carboxylic acids is 1. The van der Waals surface area contributed by atoms with Crippen LogP contribution in [0.5, 0.6) is 5.75 Å². The smallest absolute Gasteiger partial charge is 0.261 e. The van der Waals surface area contributed by atoms with Gasteiger partial charge < -0.3 is 10.1 Å². The van der Waals surface area contributed by atoms with Crippen molar-refractivity contribution in [1.82, 2.24) is 9.62 Å². The predicted molar refractivity (Wildman–Crippen MR) is 141 cm³/mol. The lowest BCUT2D eigenvalue weighted by molar-refractivity contribution is 0.0973. The van der Waals surface area contributed by atoms with Gasteiger partial charge in [-0.25, -0.2) is 8.42 Å².